The molecule has 1 heterocycles. The zero-order valence-corrected chi connectivity index (χ0v) is 12.0. The second-order valence-corrected chi connectivity index (χ2v) is 5.70. The lowest BCUT2D eigenvalue weighted by Gasteiger charge is -2.29. The molecule has 0 spiro atoms. The van der Waals surface area contributed by atoms with Crippen LogP contribution in [0.2, 0.25) is 0 Å². The SMILES string of the molecule is Cc1cc(F)cc2c1N(CC(C)(C)C(=O)NN)C(=O)C2=O. The van der Waals surface area contributed by atoms with Crippen LogP contribution in [-0.4, -0.2) is 24.1 Å². The third-order valence-electron chi connectivity index (χ3n) is 3.52. The van der Waals surface area contributed by atoms with Gasteiger partial charge in [0.1, 0.15) is 5.82 Å². The van der Waals surface area contributed by atoms with Crippen LogP contribution in [0.15, 0.2) is 12.1 Å². The Bertz CT molecular complexity index is 655. The Morgan fingerprint density at radius 1 is 1.38 bits per heavy atom. The van der Waals surface area contributed by atoms with Gasteiger partial charge in [-0.3, -0.25) is 19.8 Å². The van der Waals surface area contributed by atoms with Gasteiger partial charge in [-0.1, -0.05) is 0 Å². The van der Waals surface area contributed by atoms with Gasteiger partial charge < -0.3 is 4.90 Å². The number of hydrazine groups is 1. The maximum Gasteiger partial charge on any atom is 0.299 e. The van der Waals surface area contributed by atoms with E-state index in [0.717, 1.165) is 6.07 Å². The van der Waals surface area contributed by atoms with Crippen molar-refractivity contribution in [3.05, 3.63) is 29.1 Å². The van der Waals surface area contributed by atoms with E-state index in [2.05, 4.69) is 0 Å². The third-order valence-corrected chi connectivity index (χ3v) is 3.52. The molecule has 0 radical (unpaired) electrons. The van der Waals surface area contributed by atoms with Crippen molar-refractivity contribution < 1.29 is 18.8 Å². The number of aryl methyl sites for hydroxylation is 1. The number of nitrogens with one attached hydrogen (secondary N) is 1. The van der Waals surface area contributed by atoms with Crippen LogP contribution in [0.25, 0.3) is 0 Å². The summed E-state index contributed by atoms with van der Waals surface area (Å²) < 4.78 is 13.4. The summed E-state index contributed by atoms with van der Waals surface area (Å²) in [4.78, 5) is 37.0. The molecule has 1 aromatic rings. The standard InChI is InChI=1S/C14H16FN3O3/c1-7-4-8(15)5-9-10(7)18(12(20)11(9)19)6-14(2,3)13(21)17-16/h4-5H,6,16H2,1-3H3,(H,17,21). The number of amides is 2. The Kier molecular flexibility index (Phi) is 3.54. The van der Waals surface area contributed by atoms with E-state index in [1.54, 1.807) is 20.8 Å². The largest absolute Gasteiger partial charge is 0.303 e. The van der Waals surface area contributed by atoms with Gasteiger partial charge in [-0.25, -0.2) is 10.2 Å². The van der Waals surface area contributed by atoms with Gasteiger partial charge >= 0.3 is 0 Å². The Balaban J connectivity index is 2.47. The van der Waals surface area contributed by atoms with Gasteiger partial charge in [0.15, 0.2) is 0 Å². The van der Waals surface area contributed by atoms with Gasteiger partial charge in [0.2, 0.25) is 5.91 Å². The minimum Gasteiger partial charge on any atom is -0.303 e. The van der Waals surface area contributed by atoms with Crippen molar-refractivity contribution in [1.82, 2.24) is 5.43 Å². The van der Waals surface area contributed by atoms with Crippen molar-refractivity contribution in [1.29, 1.82) is 0 Å². The number of hydrogen-bond donors (Lipinski definition) is 2. The van der Waals surface area contributed by atoms with Crippen LogP contribution in [0.5, 0.6) is 0 Å². The highest BCUT2D eigenvalue weighted by atomic mass is 19.1. The topological polar surface area (TPSA) is 92.5 Å². The van der Waals surface area contributed by atoms with E-state index in [9.17, 15) is 18.8 Å². The number of carbonyl (C=O) groups excluding carboxylic acids is 3. The third kappa shape index (κ3) is 2.40. The van der Waals surface area contributed by atoms with Crippen LogP contribution in [0, 0.1) is 18.2 Å². The lowest BCUT2D eigenvalue weighted by atomic mass is 9.91. The van der Waals surface area contributed by atoms with E-state index in [-0.39, 0.29) is 12.1 Å². The van der Waals surface area contributed by atoms with Crippen molar-refractivity contribution in [3.63, 3.8) is 0 Å². The van der Waals surface area contributed by atoms with Gasteiger partial charge in [0.05, 0.1) is 16.7 Å². The summed E-state index contributed by atoms with van der Waals surface area (Å²) in [6.45, 7) is 4.78. The number of benzene rings is 1. The lowest BCUT2D eigenvalue weighted by Crippen LogP contribution is -2.48. The molecule has 1 aliphatic heterocycles. The van der Waals surface area contributed by atoms with E-state index in [1.807, 2.05) is 5.43 Å². The second kappa shape index (κ2) is 4.92. The number of fused-ring (bicyclic) bond motifs is 1. The van der Waals surface area contributed by atoms with Gasteiger partial charge in [-0.15, -0.1) is 0 Å². The maximum absolute atomic E-state index is 13.4. The summed E-state index contributed by atoms with van der Waals surface area (Å²) in [6, 6.07) is 2.28. The molecule has 3 N–H and O–H groups in total. The Labute approximate surface area is 121 Å². The fourth-order valence-corrected chi connectivity index (χ4v) is 2.42. The summed E-state index contributed by atoms with van der Waals surface area (Å²) in [5.41, 5.74) is 1.88. The summed E-state index contributed by atoms with van der Waals surface area (Å²) in [6.07, 6.45) is 0. The van der Waals surface area contributed by atoms with Crippen LogP contribution in [0.4, 0.5) is 10.1 Å². The molecule has 112 valence electrons. The monoisotopic (exact) mass is 293 g/mol. The molecule has 0 bridgehead atoms. The summed E-state index contributed by atoms with van der Waals surface area (Å²) in [5, 5.41) is 0. The van der Waals surface area contributed by atoms with Gasteiger partial charge in [-0.2, -0.15) is 0 Å². The van der Waals surface area contributed by atoms with Crippen molar-refractivity contribution in [2.45, 2.75) is 20.8 Å². The summed E-state index contributed by atoms with van der Waals surface area (Å²) in [7, 11) is 0. The molecule has 0 aromatic heterocycles. The number of ketones is 1. The molecule has 1 aromatic carbocycles. The first-order chi connectivity index (χ1) is 9.69. The minimum atomic E-state index is -0.993. The highest BCUT2D eigenvalue weighted by molar-refractivity contribution is 6.52. The number of anilines is 1. The van der Waals surface area contributed by atoms with Gasteiger partial charge in [0, 0.05) is 6.54 Å². The molecule has 0 fully saturated rings. The Hall–Kier alpha value is -2.28. The molecule has 0 atom stereocenters. The predicted molar refractivity (Wildman–Crippen MR) is 73.9 cm³/mol. The molecule has 0 saturated carbocycles. The first kappa shape index (κ1) is 15.1. The van der Waals surface area contributed by atoms with E-state index < -0.39 is 28.8 Å². The van der Waals surface area contributed by atoms with Crippen LogP contribution >= 0.6 is 0 Å². The van der Waals surface area contributed by atoms with Crippen molar-refractivity contribution in [3.8, 4) is 0 Å². The molecule has 1 aliphatic rings. The van der Waals surface area contributed by atoms with Crippen LogP contribution in [0.1, 0.15) is 29.8 Å². The van der Waals surface area contributed by atoms with Crippen LogP contribution < -0.4 is 16.2 Å². The first-order valence-corrected chi connectivity index (χ1v) is 6.36. The predicted octanol–water partition coefficient (Wildman–Crippen LogP) is 0.680. The number of carbonyl (C=O) groups is 3. The number of nitrogens with two attached hydrogens (primary N) is 1. The van der Waals surface area contributed by atoms with Crippen molar-refractivity contribution in [2.24, 2.45) is 11.3 Å². The number of nitrogens with zero attached hydrogens (tertiary/aromatic N) is 1. The van der Waals surface area contributed by atoms with Gasteiger partial charge in [-0.05, 0) is 38.5 Å². The zero-order chi connectivity index (χ0) is 15.9. The highest BCUT2D eigenvalue weighted by Crippen LogP contribution is 2.35. The van der Waals surface area contributed by atoms with E-state index >= 15 is 0 Å². The van der Waals surface area contributed by atoms with E-state index in [4.69, 9.17) is 5.84 Å². The fraction of sp³-hybridized carbons (Fsp3) is 0.357. The lowest BCUT2D eigenvalue weighted by molar-refractivity contribution is -0.129. The number of hydrogen-bond acceptors (Lipinski definition) is 4. The molecule has 21 heavy (non-hydrogen) atoms. The molecular weight excluding hydrogens is 277 g/mol. The van der Waals surface area contributed by atoms with Crippen molar-refractivity contribution in [2.75, 3.05) is 11.4 Å². The Morgan fingerprint density at radius 3 is 2.57 bits per heavy atom. The van der Waals surface area contributed by atoms with E-state index in [0.29, 0.717) is 11.3 Å². The smallest absolute Gasteiger partial charge is 0.299 e. The molecule has 0 saturated heterocycles. The normalized spacial score (nSPS) is 14.4. The first-order valence-electron chi connectivity index (χ1n) is 6.36. The van der Waals surface area contributed by atoms with Crippen LogP contribution in [-0.2, 0) is 9.59 Å². The van der Waals surface area contributed by atoms with Crippen LogP contribution in [0.3, 0.4) is 0 Å². The molecule has 2 amide bonds. The average Bonchev–Trinajstić information content (AvgIpc) is 2.63. The summed E-state index contributed by atoms with van der Waals surface area (Å²) >= 11 is 0. The van der Waals surface area contributed by atoms with Crippen molar-refractivity contribution >= 4 is 23.3 Å². The van der Waals surface area contributed by atoms with Gasteiger partial charge in [0.25, 0.3) is 11.7 Å². The molecule has 0 aliphatic carbocycles. The quantitative estimate of drug-likeness (QED) is 0.371. The molecule has 0 unspecified atom stereocenters. The fourth-order valence-electron chi connectivity index (χ4n) is 2.42. The number of rotatable bonds is 3. The minimum absolute atomic E-state index is 0.0277. The highest BCUT2D eigenvalue weighted by Gasteiger charge is 2.41. The molecule has 6 nitrogen and oxygen atoms in total. The molecule has 7 heteroatoms. The zero-order valence-electron chi connectivity index (χ0n) is 12.0. The Morgan fingerprint density at radius 2 is 2.00 bits per heavy atom. The average molecular weight is 293 g/mol. The number of halogens is 1. The maximum atomic E-state index is 13.4. The molecule has 2 rings (SSSR count). The molecular formula is C14H16FN3O3. The summed E-state index contributed by atoms with van der Waals surface area (Å²) in [5.74, 6) is 2.55. The second-order valence-electron chi connectivity index (χ2n) is 5.70. The number of Topliss-reactive ketones (excluding diaryl/α,β-unsaturated/α-hetero) is 1. The van der Waals surface area contributed by atoms with E-state index in [1.165, 1.54) is 11.0 Å².